The van der Waals surface area contributed by atoms with E-state index in [2.05, 4.69) is 5.32 Å². The molecule has 0 aliphatic carbocycles. The van der Waals surface area contributed by atoms with Gasteiger partial charge in [0.1, 0.15) is 5.75 Å². The molecule has 118 valence electrons. The van der Waals surface area contributed by atoms with E-state index in [-0.39, 0.29) is 18.4 Å². The van der Waals surface area contributed by atoms with Gasteiger partial charge in [-0.05, 0) is 45.7 Å². The minimum atomic E-state index is -0.948. The number of carbonyl (C=O) groups excluding carboxylic acids is 1. The highest BCUT2D eigenvalue weighted by atomic mass is 19.2. The van der Waals surface area contributed by atoms with Gasteiger partial charge in [-0.2, -0.15) is 0 Å². The molecule has 1 rings (SSSR count). The maximum Gasteiger partial charge on any atom is 0.237 e. The summed E-state index contributed by atoms with van der Waals surface area (Å²) in [6.07, 6.45) is 1.04. The number of ether oxygens (including phenoxy) is 1. The van der Waals surface area contributed by atoms with Gasteiger partial charge in [0.25, 0.3) is 0 Å². The van der Waals surface area contributed by atoms with Crippen molar-refractivity contribution in [3.8, 4) is 5.75 Å². The molecule has 0 aliphatic rings. The summed E-state index contributed by atoms with van der Waals surface area (Å²) in [5.74, 6) is -2.03. The SMILES string of the molecule is CC(C)NC(C)(CCCOc1ccc(F)c(F)c1)C(N)=O. The maximum absolute atomic E-state index is 13.0. The molecule has 1 atom stereocenters. The van der Waals surface area contributed by atoms with E-state index in [9.17, 15) is 13.6 Å². The van der Waals surface area contributed by atoms with Gasteiger partial charge in [-0.1, -0.05) is 0 Å². The van der Waals surface area contributed by atoms with Crippen molar-refractivity contribution >= 4 is 5.91 Å². The molecule has 0 saturated carbocycles. The van der Waals surface area contributed by atoms with Gasteiger partial charge in [-0.15, -0.1) is 0 Å². The van der Waals surface area contributed by atoms with E-state index in [1.54, 1.807) is 6.92 Å². The molecule has 1 amide bonds. The van der Waals surface area contributed by atoms with Crippen molar-refractivity contribution < 1.29 is 18.3 Å². The van der Waals surface area contributed by atoms with Gasteiger partial charge in [0.05, 0.1) is 12.1 Å². The average Bonchev–Trinajstić information content (AvgIpc) is 2.38. The van der Waals surface area contributed by atoms with Crippen molar-refractivity contribution in [1.82, 2.24) is 5.32 Å². The molecule has 1 aromatic carbocycles. The Morgan fingerprint density at radius 3 is 2.57 bits per heavy atom. The highest BCUT2D eigenvalue weighted by Crippen LogP contribution is 2.17. The third-order valence-corrected chi connectivity index (χ3v) is 3.13. The Bertz CT molecular complexity index is 495. The van der Waals surface area contributed by atoms with Crippen molar-refractivity contribution in [1.29, 1.82) is 0 Å². The summed E-state index contributed by atoms with van der Waals surface area (Å²) in [6, 6.07) is 3.49. The molecule has 4 nitrogen and oxygen atoms in total. The Balaban J connectivity index is 2.47. The van der Waals surface area contributed by atoms with Crippen LogP contribution in [0.3, 0.4) is 0 Å². The monoisotopic (exact) mass is 300 g/mol. The predicted octanol–water partition coefficient (Wildman–Crippen LogP) is 2.37. The van der Waals surface area contributed by atoms with Crippen LogP contribution in [0.5, 0.6) is 5.75 Å². The molecule has 0 heterocycles. The first-order chi connectivity index (χ1) is 9.74. The maximum atomic E-state index is 13.0. The van der Waals surface area contributed by atoms with Gasteiger partial charge in [0, 0.05) is 12.1 Å². The van der Waals surface area contributed by atoms with Crippen LogP contribution in [0.2, 0.25) is 0 Å². The zero-order valence-electron chi connectivity index (χ0n) is 12.6. The number of hydrogen-bond donors (Lipinski definition) is 2. The molecule has 3 N–H and O–H groups in total. The number of nitrogens with one attached hydrogen (secondary N) is 1. The summed E-state index contributed by atoms with van der Waals surface area (Å²) >= 11 is 0. The smallest absolute Gasteiger partial charge is 0.237 e. The number of benzene rings is 1. The summed E-state index contributed by atoms with van der Waals surface area (Å²) in [7, 11) is 0. The van der Waals surface area contributed by atoms with Gasteiger partial charge >= 0.3 is 0 Å². The molecule has 0 aromatic heterocycles. The van der Waals surface area contributed by atoms with E-state index in [4.69, 9.17) is 10.5 Å². The topological polar surface area (TPSA) is 64.3 Å². The quantitative estimate of drug-likeness (QED) is 0.724. The largest absolute Gasteiger partial charge is 0.493 e. The lowest BCUT2D eigenvalue weighted by molar-refractivity contribution is -0.124. The number of carbonyl (C=O) groups is 1. The zero-order valence-corrected chi connectivity index (χ0v) is 12.6. The fraction of sp³-hybridized carbons (Fsp3) is 0.533. The zero-order chi connectivity index (χ0) is 16.0. The lowest BCUT2D eigenvalue weighted by Crippen LogP contribution is -2.55. The van der Waals surface area contributed by atoms with Gasteiger partial charge in [0.2, 0.25) is 5.91 Å². The number of rotatable bonds is 8. The average molecular weight is 300 g/mol. The standard InChI is InChI=1S/C15H22F2N2O2/c1-10(2)19-15(3,14(18)20)7-4-8-21-11-5-6-12(16)13(17)9-11/h5-6,9-10,19H,4,7-8H2,1-3H3,(H2,18,20). The predicted molar refractivity (Wildman–Crippen MR) is 77.0 cm³/mol. The van der Waals surface area contributed by atoms with Gasteiger partial charge < -0.3 is 15.8 Å². The van der Waals surface area contributed by atoms with E-state index in [1.807, 2.05) is 13.8 Å². The van der Waals surface area contributed by atoms with Crippen LogP contribution in [-0.2, 0) is 4.79 Å². The van der Waals surface area contributed by atoms with E-state index >= 15 is 0 Å². The first-order valence-corrected chi connectivity index (χ1v) is 6.90. The number of nitrogens with two attached hydrogens (primary N) is 1. The van der Waals surface area contributed by atoms with Gasteiger partial charge in [-0.3, -0.25) is 4.79 Å². The molecule has 0 radical (unpaired) electrons. The summed E-state index contributed by atoms with van der Waals surface area (Å²) < 4.78 is 31.1. The summed E-state index contributed by atoms with van der Waals surface area (Å²) in [5, 5.41) is 3.13. The number of amides is 1. The molecule has 0 fully saturated rings. The molecule has 6 heteroatoms. The number of primary amides is 1. The molecular weight excluding hydrogens is 278 g/mol. The van der Waals surface area contributed by atoms with Gasteiger partial charge in [-0.25, -0.2) is 8.78 Å². The lowest BCUT2D eigenvalue weighted by Gasteiger charge is -2.29. The van der Waals surface area contributed by atoms with Crippen LogP contribution in [0.1, 0.15) is 33.6 Å². The summed E-state index contributed by atoms with van der Waals surface area (Å²) in [5.41, 5.74) is 4.60. The van der Waals surface area contributed by atoms with Crippen molar-refractivity contribution in [2.75, 3.05) is 6.61 Å². The fourth-order valence-corrected chi connectivity index (χ4v) is 2.09. The number of hydrogen-bond acceptors (Lipinski definition) is 3. The molecular formula is C15H22F2N2O2. The van der Waals surface area contributed by atoms with Crippen molar-refractivity contribution in [3.05, 3.63) is 29.8 Å². The Morgan fingerprint density at radius 1 is 1.38 bits per heavy atom. The Kier molecular flexibility index (Phi) is 6.08. The van der Waals surface area contributed by atoms with Crippen molar-refractivity contribution in [3.63, 3.8) is 0 Å². The van der Waals surface area contributed by atoms with Crippen LogP contribution < -0.4 is 15.8 Å². The van der Waals surface area contributed by atoms with Gasteiger partial charge in [0.15, 0.2) is 11.6 Å². The van der Waals surface area contributed by atoms with Crippen LogP contribution in [0.15, 0.2) is 18.2 Å². The minimum Gasteiger partial charge on any atom is -0.493 e. The second-order valence-electron chi connectivity index (χ2n) is 5.52. The highest BCUT2D eigenvalue weighted by molar-refractivity contribution is 5.84. The molecule has 0 spiro atoms. The molecule has 1 aromatic rings. The van der Waals surface area contributed by atoms with E-state index in [0.29, 0.717) is 12.8 Å². The van der Waals surface area contributed by atoms with Crippen LogP contribution in [0, 0.1) is 11.6 Å². The second kappa shape index (κ2) is 7.36. The molecule has 0 bridgehead atoms. The lowest BCUT2D eigenvalue weighted by atomic mass is 9.94. The Morgan fingerprint density at radius 2 is 2.05 bits per heavy atom. The third kappa shape index (κ3) is 5.30. The first-order valence-electron chi connectivity index (χ1n) is 6.90. The highest BCUT2D eigenvalue weighted by Gasteiger charge is 2.30. The molecule has 0 saturated heterocycles. The van der Waals surface area contributed by atoms with Crippen LogP contribution in [0.25, 0.3) is 0 Å². The third-order valence-electron chi connectivity index (χ3n) is 3.13. The minimum absolute atomic E-state index is 0.120. The van der Waals surface area contributed by atoms with E-state index in [0.717, 1.165) is 12.1 Å². The molecule has 21 heavy (non-hydrogen) atoms. The fourth-order valence-electron chi connectivity index (χ4n) is 2.09. The second-order valence-corrected chi connectivity index (χ2v) is 5.52. The van der Waals surface area contributed by atoms with Crippen LogP contribution >= 0.6 is 0 Å². The Labute approximate surface area is 123 Å². The summed E-state index contributed by atoms with van der Waals surface area (Å²) in [6.45, 7) is 5.89. The molecule has 0 aliphatic heterocycles. The van der Waals surface area contributed by atoms with Crippen LogP contribution in [0.4, 0.5) is 8.78 Å². The molecule has 1 unspecified atom stereocenters. The normalized spacial score (nSPS) is 14.0. The first kappa shape index (κ1) is 17.4. The van der Waals surface area contributed by atoms with Crippen molar-refractivity contribution in [2.45, 2.75) is 45.2 Å². The van der Waals surface area contributed by atoms with E-state index in [1.165, 1.54) is 6.07 Å². The summed E-state index contributed by atoms with van der Waals surface area (Å²) in [4.78, 5) is 11.5. The number of halogens is 2. The van der Waals surface area contributed by atoms with Crippen molar-refractivity contribution in [2.24, 2.45) is 5.73 Å². The van der Waals surface area contributed by atoms with E-state index < -0.39 is 23.1 Å². The Hall–Kier alpha value is -1.69. The van der Waals surface area contributed by atoms with Crippen LogP contribution in [-0.4, -0.2) is 24.1 Å².